The molecule has 1 aromatic carbocycles. The van der Waals surface area contributed by atoms with E-state index in [1.807, 2.05) is 13.0 Å². The SMILES string of the molecule is COc1ccc(OC)c(C(=O)OCC(=O)c2ccc(C)s2)c1. The van der Waals surface area contributed by atoms with Gasteiger partial charge in [0.2, 0.25) is 5.78 Å². The smallest absolute Gasteiger partial charge is 0.342 e. The summed E-state index contributed by atoms with van der Waals surface area (Å²) in [7, 11) is 2.96. The molecule has 2 rings (SSSR count). The van der Waals surface area contributed by atoms with E-state index < -0.39 is 5.97 Å². The molecular formula is C16H16O5S. The van der Waals surface area contributed by atoms with E-state index in [0.717, 1.165) is 4.88 Å². The van der Waals surface area contributed by atoms with E-state index in [4.69, 9.17) is 14.2 Å². The van der Waals surface area contributed by atoms with Gasteiger partial charge in [0.25, 0.3) is 0 Å². The number of esters is 1. The van der Waals surface area contributed by atoms with Gasteiger partial charge in [0.15, 0.2) is 6.61 Å². The molecule has 1 heterocycles. The minimum absolute atomic E-state index is 0.219. The zero-order valence-electron chi connectivity index (χ0n) is 12.5. The fraction of sp³-hybridized carbons (Fsp3) is 0.250. The number of thiophene rings is 1. The summed E-state index contributed by atoms with van der Waals surface area (Å²) >= 11 is 1.37. The molecule has 0 fully saturated rings. The highest BCUT2D eigenvalue weighted by Crippen LogP contribution is 2.25. The number of benzene rings is 1. The molecule has 0 saturated carbocycles. The Labute approximate surface area is 132 Å². The van der Waals surface area contributed by atoms with Crippen molar-refractivity contribution in [1.29, 1.82) is 0 Å². The number of methoxy groups -OCH3 is 2. The number of ketones is 1. The molecule has 116 valence electrons. The number of hydrogen-bond donors (Lipinski definition) is 0. The molecule has 5 nitrogen and oxygen atoms in total. The van der Waals surface area contributed by atoms with Gasteiger partial charge in [-0.05, 0) is 37.3 Å². The first kappa shape index (κ1) is 16.0. The van der Waals surface area contributed by atoms with E-state index >= 15 is 0 Å². The fourth-order valence-electron chi connectivity index (χ4n) is 1.84. The van der Waals surface area contributed by atoms with Gasteiger partial charge in [-0.25, -0.2) is 4.79 Å². The maximum Gasteiger partial charge on any atom is 0.342 e. The molecule has 0 amide bonds. The van der Waals surface area contributed by atoms with Crippen molar-refractivity contribution in [3.63, 3.8) is 0 Å². The molecule has 6 heteroatoms. The summed E-state index contributed by atoms with van der Waals surface area (Å²) in [6.45, 7) is 1.60. The van der Waals surface area contributed by atoms with Crippen LogP contribution < -0.4 is 9.47 Å². The molecule has 0 aliphatic rings. The monoisotopic (exact) mass is 320 g/mol. The molecule has 0 aliphatic carbocycles. The van der Waals surface area contributed by atoms with Gasteiger partial charge in [0.05, 0.1) is 19.1 Å². The van der Waals surface area contributed by atoms with Crippen LogP contribution >= 0.6 is 11.3 Å². The molecular weight excluding hydrogens is 304 g/mol. The number of carbonyl (C=O) groups is 2. The third-order valence-corrected chi connectivity index (χ3v) is 4.02. The molecule has 0 unspecified atom stereocenters. The van der Waals surface area contributed by atoms with Gasteiger partial charge in [0.1, 0.15) is 17.1 Å². The third-order valence-electron chi connectivity index (χ3n) is 2.98. The number of carbonyl (C=O) groups excluding carboxylic acids is 2. The first-order chi connectivity index (χ1) is 10.5. The third kappa shape index (κ3) is 3.65. The number of ether oxygens (including phenoxy) is 3. The summed E-state index contributed by atoms with van der Waals surface area (Å²) in [6, 6.07) is 8.38. The average Bonchev–Trinajstić information content (AvgIpc) is 2.98. The maximum absolute atomic E-state index is 12.1. The molecule has 22 heavy (non-hydrogen) atoms. The summed E-state index contributed by atoms with van der Waals surface area (Å²) in [5.74, 6) is 0.0175. The van der Waals surface area contributed by atoms with Crippen LogP contribution in [0, 0.1) is 6.92 Å². The molecule has 0 saturated heterocycles. The molecule has 0 radical (unpaired) electrons. The first-order valence-corrected chi connectivity index (χ1v) is 7.35. The second kappa shape index (κ2) is 7.09. The number of aryl methyl sites for hydroxylation is 1. The van der Waals surface area contributed by atoms with Crippen molar-refractivity contribution < 1.29 is 23.8 Å². The lowest BCUT2D eigenvalue weighted by Gasteiger charge is -2.09. The normalized spacial score (nSPS) is 10.1. The Morgan fingerprint density at radius 2 is 1.86 bits per heavy atom. The lowest BCUT2D eigenvalue weighted by atomic mass is 10.2. The van der Waals surface area contributed by atoms with Crippen molar-refractivity contribution in [1.82, 2.24) is 0 Å². The van der Waals surface area contributed by atoms with Crippen molar-refractivity contribution in [2.45, 2.75) is 6.92 Å². The summed E-state index contributed by atoms with van der Waals surface area (Å²) in [5.41, 5.74) is 0.219. The van der Waals surface area contributed by atoms with Crippen LogP contribution in [0.3, 0.4) is 0 Å². The Kier molecular flexibility index (Phi) is 5.16. The van der Waals surface area contributed by atoms with Gasteiger partial charge >= 0.3 is 5.97 Å². The summed E-state index contributed by atoms with van der Waals surface area (Å²) in [4.78, 5) is 25.7. The van der Waals surface area contributed by atoms with Crippen molar-refractivity contribution in [2.24, 2.45) is 0 Å². The lowest BCUT2D eigenvalue weighted by Crippen LogP contribution is -2.14. The van der Waals surface area contributed by atoms with E-state index in [1.54, 1.807) is 18.2 Å². The zero-order chi connectivity index (χ0) is 16.1. The Bertz CT molecular complexity index is 690. The van der Waals surface area contributed by atoms with Crippen LogP contribution in [0.2, 0.25) is 0 Å². The van der Waals surface area contributed by atoms with Crippen LogP contribution in [0.5, 0.6) is 11.5 Å². The summed E-state index contributed by atoms with van der Waals surface area (Å²) < 4.78 is 15.3. The highest BCUT2D eigenvalue weighted by Gasteiger charge is 2.17. The van der Waals surface area contributed by atoms with Crippen molar-refractivity contribution >= 4 is 23.1 Å². The predicted octanol–water partition coefficient (Wildman–Crippen LogP) is 3.11. The lowest BCUT2D eigenvalue weighted by molar-refractivity contribution is 0.0472. The van der Waals surface area contributed by atoms with Crippen LogP contribution in [0.15, 0.2) is 30.3 Å². The van der Waals surface area contributed by atoms with Crippen LogP contribution in [0.1, 0.15) is 24.9 Å². The number of hydrogen-bond acceptors (Lipinski definition) is 6. The maximum atomic E-state index is 12.1. The molecule has 2 aromatic rings. The van der Waals surface area contributed by atoms with Crippen molar-refractivity contribution in [3.05, 3.63) is 45.6 Å². The zero-order valence-corrected chi connectivity index (χ0v) is 13.4. The van der Waals surface area contributed by atoms with E-state index in [9.17, 15) is 9.59 Å². The van der Waals surface area contributed by atoms with Gasteiger partial charge in [-0.1, -0.05) is 0 Å². The minimum atomic E-state index is -0.627. The molecule has 0 bridgehead atoms. The Morgan fingerprint density at radius 1 is 1.09 bits per heavy atom. The molecule has 0 atom stereocenters. The largest absolute Gasteiger partial charge is 0.497 e. The van der Waals surface area contributed by atoms with Gasteiger partial charge in [-0.3, -0.25) is 4.79 Å². The van der Waals surface area contributed by atoms with Crippen LogP contribution in [-0.2, 0) is 4.74 Å². The van der Waals surface area contributed by atoms with E-state index in [1.165, 1.54) is 31.6 Å². The Hall–Kier alpha value is -2.34. The van der Waals surface area contributed by atoms with Gasteiger partial charge in [0, 0.05) is 4.88 Å². The molecule has 0 aliphatic heterocycles. The molecule has 1 aromatic heterocycles. The molecule has 0 N–H and O–H groups in total. The Morgan fingerprint density at radius 3 is 2.45 bits per heavy atom. The van der Waals surface area contributed by atoms with Crippen molar-refractivity contribution in [3.8, 4) is 11.5 Å². The second-order valence-electron chi connectivity index (χ2n) is 4.48. The number of rotatable bonds is 6. The predicted molar refractivity (Wildman–Crippen MR) is 83.2 cm³/mol. The van der Waals surface area contributed by atoms with Gasteiger partial charge in [-0.15, -0.1) is 11.3 Å². The standard InChI is InChI=1S/C16H16O5S/c1-10-4-7-15(22-10)13(17)9-21-16(18)12-8-11(19-2)5-6-14(12)20-3/h4-8H,9H2,1-3H3. The number of Topliss-reactive ketones (excluding diaryl/α,β-unsaturated/α-hetero) is 1. The topological polar surface area (TPSA) is 61.8 Å². The van der Waals surface area contributed by atoms with Crippen molar-refractivity contribution in [2.75, 3.05) is 20.8 Å². The summed E-state index contributed by atoms with van der Waals surface area (Å²) in [5, 5.41) is 0. The van der Waals surface area contributed by atoms with E-state index in [-0.39, 0.29) is 18.0 Å². The first-order valence-electron chi connectivity index (χ1n) is 6.54. The van der Waals surface area contributed by atoms with E-state index in [2.05, 4.69) is 0 Å². The highest BCUT2D eigenvalue weighted by molar-refractivity contribution is 7.14. The minimum Gasteiger partial charge on any atom is -0.497 e. The quantitative estimate of drug-likeness (QED) is 0.604. The highest BCUT2D eigenvalue weighted by atomic mass is 32.1. The van der Waals surface area contributed by atoms with Crippen LogP contribution in [0.25, 0.3) is 0 Å². The van der Waals surface area contributed by atoms with Crippen LogP contribution in [-0.4, -0.2) is 32.6 Å². The van der Waals surface area contributed by atoms with Crippen LogP contribution in [0.4, 0.5) is 0 Å². The Balaban J connectivity index is 2.07. The average molecular weight is 320 g/mol. The van der Waals surface area contributed by atoms with Gasteiger partial charge in [-0.2, -0.15) is 0 Å². The molecule has 0 spiro atoms. The second-order valence-corrected chi connectivity index (χ2v) is 5.76. The van der Waals surface area contributed by atoms with Gasteiger partial charge < -0.3 is 14.2 Å². The van der Waals surface area contributed by atoms with E-state index in [0.29, 0.717) is 16.4 Å². The summed E-state index contributed by atoms with van der Waals surface area (Å²) in [6.07, 6.45) is 0. The fourth-order valence-corrected chi connectivity index (χ4v) is 2.63.